The Labute approximate surface area is 149 Å². The summed E-state index contributed by atoms with van der Waals surface area (Å²) in [5.41, 5.74) is 9.72. The van der Waals surface area contributed by atoms with Crippen LogP contribution in [0.5, 0.6) is 5.75 Å². The van der Waals surface area contributed by atoms with Gasteiger partial charge in [-0.2, -0.15) is 0 Å². The van der Waals surface area contributed by atoms with E-state index in [4.69, 9.17) is 22.1 Å². The molecule has 0 aliphatic carbocycles. The average molecular weight is 359 g/mol. The zero-order valence-corrected chi connectivity index (χ0v) is 14.2. The summed E-state index contributed by atoms with van der Waals surface area (Å²) in [7, 11) is 1.43. The van der Waals surface area contributed by atoms with Crippen LogP contribution in [0.1, 0.15) is 5.56 Å². The number of nitrogens with one attached hydrogen (secondary N) is 1. The summed E-state index contributed by atoms with van der Waals surface area (Å²) in [6.07, 6.45) is 1.59. The van der Waals surface area contributed by atoms with Crippen molar-refractivity contribution in [3.63, 3.8) is 0 Å². The third kappa shape index (κ3) is 3.97. The zero-order chi connectivity index (χ0) is 17.8. The number of anilines is 2. The lowest BCUT2D eigenvalue weighted by Crippen LogP contribution is -2.03. The number of ether oxygens (including phenoxy) is 1. The number of nitrogen functional groups attached to an aromatic ring is 1. The maximum Gasteiger partial charge on any atom is 0.222 e. The fourth-order valence-corrected chi connectivity index (χ4v) is 2.54. The van der Waals surface area contributed by atoms with E-state index >= 15 is 0 Å². The highest BCUT2D eigenvalue weighted by Gasteiger charge is 2.07. The summed E-state index contributed by atoms with van der Waals surface area (Å²) in [4.78, 5) is 8.02. The van der Waals surface area contributed by atoms with Crippen molar-refractivity contribution in [3.8, 4) is 17.0 Å². The summed E-state index contributed by atoms with van der Waals surface area (Å²) in [5.74, 6) is -0.179. The largest absolute Gasteiger partial charge is 0.494 e. The minimum Gasteiger partial charge on any atom is -0.494 e. The van der Waals surface area contributed by atoms with Crippen LogP contribution in [0.25, 0.3) is 11.3 Å². The molecule has 1 heterocycles. The van der Waals surface area contributed by atoms with Crippen LogP contribution in [0, 0.1) is 5.82 Å². The molecule has 5 nitrogen and oxygen atoms in total. The van der Waals surface area contributed by atoms with E-state index in [1.165, 1.54) is 13.2 Å². The molecular weight excluding hydrogens is 343 g/mol. The summed E-state index contributed by atoms with van der Waals surface area (Å²) >= 11 is 5.81. The van der Waals surface area contributed by atoms with Crippen LogP contribution in [0.4, 0.5) is 15.8 Å². The van der Waals surface area contributed by atoms with Crippen LogP contribution in [-0.2, 0) is 6.54 Å². The first-order valence-electron chi connectivity index (χ1n) is 7.51. The van der Waals surface area contributed by atoms with Gasteiger partial charge < -0.3 is 15.8 Å². The van der Waals surface area contributed by atoms with Crippen molar-refractivity contribution >= 4 is 23.0 Å². The van der Waals surface area contributed by atoms with Crippen molar-refractivity contribution in [2.24, 2.45) is 0 Å². The van der Waals surface area contributed by atoms with Gasteiger partial charge in [0.25, 0.3) is 0 Å². The van der Waals surface area contributed by atoms with Gasteiger partial charge in [0.2, 0.25) is 5.28 Å². The van der Waals surface area contributed by atoms with Crippen molar-refractivity contribution in [2.45, 2.75) is 6.54 Å². The van der Waals surface area contributed by atoms with Gasteiger partial charge in [0, 0.05) is 18.3 Å². The van der Waals surface area contributed by atoms with E-state index in [1.54, 1.807) is 30.5 Å². The fourth-order valence-electron chi connectivity index (χ4n) is 2.40. The van der Waals surface area contributed by atoms with E-state index in [2.05, 4.69) is 15.3 Å². The molecule has 0 spiro atoms. The molecule has 25 heavy (non-hydrogen) atoms. The Hall–Kier alpha value is -2.86. The second kappa shape index (κ2) is 7.36. The Kier molecular flexibility index (Phi) is 5.00. The molecule has 1 aromatic heterocycles. The van der Waals surface area contributed by atoms with Crippen LogP contribution in [0.15, 0.2) is 48.7 Å². The van der Waals surface area contributed by atoms with E-state index in [1.807, 2.05) is 12.1 Å². The molecule has 0 fully saturated rings. The normalized spacial score (nSPS) is 10.5. The third-order valence-electron chi connectivity index (χ3n) is 3.67. The molecule has 128 valence electrons. The molecule has 0 radical (unpaired) electrons. The lowest BCUT2D eigenvalue weighted by Gasteiger charge is -2.12. The van der Waals surface area contributed by atoms with Gasteiger partial charge in [-0.05, 0) is 47.5 Å². The predicted molar refractivity (Wildman–Crippen MR) is 97.2 cm³/mol. The van der Waals surface area contributed by atoms with Gasteiger partial charge in [0.05, 0.1) is 24.2 Å². The zero-order valence-electron chi connectivity index (χ0n) is 13.5. The highest BCUT2D eigenvalue weighted by Crippen LogP contribution is 2.27. The molecule has 0 aliphatic heterocycles. The molecule has 0 atom stereocenters. The molecule has 0 unspecified atom stereocenters. The van der Waals surface area contributed by atoms with Gasteiger partial charge in [-0.15, -0.1) is 0 Å². The minimum atomic E-state index is -0.397. The lowest BCUT2D eigenvalue weighted by atomic mass is 10.1. The maximum absolute atomic E-state index is 13.7. The van der Waals surface area contributed by atoms with E-state index in [0.29, 0.717) is 17.9 Å². The molecular formula is C18H16ClFN4O. The van der Waals surface area contributed by atoms with Crippen molar-refractivity contribution in [1.82, 2.24) is 9.97 Å². The topological polar surface area (TPSA) is 73.1 Å². The first-order valence-corrected chi connectivity index (χ1v) is 7.89. The molecule has 3 N–H and O–H groups in total. The van der Waals surface area contributed by atoms with Crippen molar-refractivity contribution in [1.29, 1.82) is 0 Å². The number of benzene rings is 2. The Morgan fingerprint density at radius 3 is 2.72 bits per heavy atom. The van der Waals surface area contributed by atoms with Crippen LogP contribution in [0.2, 0.25) is 5.28 Å². The number of hydrogen-bond acceptors (Lipinski definition) is 5. The van der Waals surface area contributed by atoms with Gasteiger partial charge in [-0.25, -0.2) is 14.4 Å². The van der Waals surface area contributed by atoms with Crippen LogP contribution in [-0.4, -0.2) is 17.1 Å². The number of methoxy groups -OCH3 is 1. The summed E-state index contributed by atoms with van der Waals surface area (Å²) < 4.78 is 18.6. The van der Waals surface area contributed by atoms with Gasteiger partial charge in [-0.1, -0.05) is 12.1 Å². The maximum atomic E-state index is 13.7. The molecule has 0 saturated carbocycles. The van der Waals surface area contributed by atoms with Crippen molar-refractivity contribution in [3.05, 3.63) is 65.3 Å². The quantitative estimate of drug-likeness (QED) is 0.529. The number of nitrogens with two attached hydrogens (primary N) is 1. The number of halogens is 2. The molecule has 3 aromatic rings. The van der Waals surface area contributed by atoms with Crippen molar-refractivity contribution < 1.29 is 9.13 Å². The molecule has 0 aliphatic rings. The molecule has 0 saturated heterocycles. The Bertz CT molecular complexity index is 904. The Morgan fingerprint density at radius 2 is 2.04 bits per heavy atom. The highest BCUT2D eigenvalue weighted by molar-refractivity contribution is 6.28. The minimum absolute atomic E-state index is 0.180. The van der Waals surface area contributed by atoms with E-state index in [0.717, 1.165) is 16.8 Å². The van der Waals surface area contributed by atoms with E-state index in [9.17, 15) is 4.39 Å². The number of rotatable bonds is 5. The first kappa shape index (κ1) is 17.0. The van der Waals surface area contributed by atoms with Crippen LogP contribution in [0.3, 0.4) is 0 Å². The summed E-state index contributed by atoms with van der Waals surface area (Å²) in [6.45, 7) is 0.434. The lowest BCUT2D eigenvalue weighted by molar-refractivity contribution is 0.386. The molecule has 0 bridgehead atoms. The molecule has 3 rings (SSSR count). The fraction of sp³-hybridized carbons (Fsp3) is 0.111. The summed E-state index contributed by atoms with van der Waals surface area (Å²) in [5, 5.41) is 3.37. The first-order chi connectivity index (χ1) is 12.1. The van der Waals surface area contributed by atoms with Crippen LogP contribution < -0.4 is 15.8 Å². The molecule has 2 aromatic carbocycles. The van der Waals surface area contributed by atoms with Gasteiger partial charge >= 0.3 is 0 Å². The standard InChI is InChI=1S/C18H16ClFN4O/c1-25-17-5-2-11(8-13(17)20)10-23-16-4-3-12(9-14(16)21)15-6-7-22-18(19)24-15/h2-9,23H,10,21H2,1H3. The second-order valence-electron chi connectivity index (χ2n) is 5.34. The Morgan fingerprint density at radius 1 is 1.20 bits per heavy atom. The van der Waals surface area contributed by atoms with Gasteiger partial charge in [-0.3, -0.25) is 0 Å². The summed E-state index contributed by atoms with van der Waals surface area (Å²) in [6, 6.07) is 12.1. The van der Waals surface area contributed by atoms with Crippen molar-refractivity contribution in [2.75, 3.05) is 18.2 Å². The smallest absolute Gasteiger partial charge is 0.222 e. The molecule has 7 heteroatoms. The van der Waals surface area contributed by atoms with Gasteiger partial charge in [0.15, 0.2) is 11.6 Å². The second-order valence-corrected chi connectivity index (χ2v) is 5.67. The van der Waals surface area contributed by atoms with Gasteiger partial charge in [0.1, 0.15) is 0 Å². The SMILES string of the molecule is COc1ccc(CNc2ccc(-c3ccnc(Cl)n3)cc2N)cc1F. The Balaban J connectivity index is 1.74. The third-order valence-corrected chi connectivity index (χ3v) is 3.85. The number of hydrogen-bond donors (Lipinski definition) is 2. The van der Waals surface area contributed by atoms with Crippen LogP contribution >= 0.6 is 11.6 Å². The predicted octanol–water partition coefficient (Wildman–Crippen LogP) is 4.14. The number of nitrogens with zero attached hydrogens (tertiary/aromatic N) is 2. The average Bonchev–Trinajstić information content (AvgIpc) is 2.61. The van der Waals surface area contributed by atoms with E-state index in [-0.39, 0.29) is 11.0 Å². The monoisotopic (exact) mass is 358 g/mol. The molecule has 0 amide bonds. The number of aromatic nitrogens is 2. The van der Waals surface area contributed by atoms with E-state index < -0.39 is 5.82 Å². The highest BCUT2D eigenvalue weighted by atomic mass is 35.5.